The van der Waals surface area contributed by atoms with Crippen LogP contribution in [0.15, 0.2) is 12.2 Å². The van der Waals surface area contributed by atoms with E-state index in [9.17, 15) is 4.79 Å². The summed E-state index contributed by atoms with van der Waals surface area (Å²) in [5.74, 6) is -0.692. The van der Waals surface area contributed by atoms with Gasteiger partial charge in [0.15, 0.2) is 0 Å². The first-order chi connectivity index (χ1) is 10.2. The normalized spacial score (nSPS) is 12.9. The monoisotopic (exact) mass is 316 g/mol. The van der Waals surface area contributed by atoms with E-state index in [1.807, 2.05) is 0 Å². The fourth-order valence-corrected chi connectivity index (χ4v) is 2.61. The molecule has 124 valence electrons. The molecule has 0 spiro atoms. The molecular weight excluding hydrogens is 284 g/mol. The molecule has 2 nitrogen and oxygen atoms in total. The quantitative estimate of drug-likeness (QED) is 0.218. The fourth-order valence-electron chi connectivity index (χ4n) is 2.35. The van der Waals surface area contributed by atoms with Gasteiger partial charge in [-0.05, 0) is 25.7 Å². The van der Waals surface area contributed by atoms with Crippen molar-refractivity contribution in [1.29, 1.82) is 0 Å². The Balaban J connectivity index is 3.30. The molecule has 0 aromatic heterocycles. The Hall–Kier alpha value is -0.500. The van der Waals surface area contributed by atoms with E-state index in [-0.39, 0.29) is 5.38 Å². The number of halogens is 1. The Kier molecular flexibility index (Phi) is 15.5. The van der Waals surface area contributed by atoms with Gasteiger partial charge in [-0.2, -0.15) is 0 Å². The van der Waals surface area contributed by atoms with Crippen LogP contribution in [-0.2, 0) is 4.79 Å². The van der Waals surface area contributed by atoms with Crippen LogP contribution in [-0.4, -0.2) is 16.5 Å². The molecule has 1 unspecified atom stereocenters. The number of carboxylic acids is 1. The predicted octanol–water partition coefficient (Wildman–Crippen LogP) is 6.33. The van der Waals surface area contributed by atoms with Gasteiger partial charge in [0.05, 0.1) is 5.38 Å². The molecule has 0 aromatic rings. The van der Waals surface area contributed by atoms with E-state index in [1.54, 1.807) is 0 Å². The third-order valence-corrected chi connectivity index (χ3v) is 4.05. The summed E-state index contributed by atoms with van der Waals surface area (Å²) in [4.78, 5) is 10.4. The first kappa shape index (κ1) is 20.5. The lowest BCUT2D eigenvalue weighted by Gasteiger charge is -2.04. The number of unbranched alkanes of at least 4 members (excludes halogenated alkanes) is 9. The Bertz CT molecular complexity index is 264. The van der Waals surface area contributed by atoms with E-state index >= 15 is 0 Å². The maximum absolute atomic E-state index is 10.4. The third-order valence-electron chi connectivity index (χ3n) is 3.69. The minimum Gasteiger partial charge on any atom is -0.481 e. The minimum atomic E-state index is -0.692. The van der Waals surface area contributed by atoms with Crippen LogP contribution in [0.5, 0.6) is 0 Å². The summed E-state index contributed by atoms with van der Waals surface area (Å²) in [5, 5.41) is 8.67. The predicted molar refractivity (Wildman–Crippen MR) is 92.1 cm³/mol. The van der Waals surface area contributed by atoms with Crippen molar-refractivity contribution in [3.63, 3.8) is 0 Å². The van der Waals surface area contributed by atoms with Crippen molar-refractivity contribution in [2.75, 3.05) is 0 Å². The smallest absolute Gasteiger partial charge is 0.303 e. The molecule has 0 aromatic carbocycles. The van der Waals surface area contributed by atoms with E-state index < -0.39 is 5.97 Å². The van der Waals surface area contributed by atoms with Crippen LogP contribution >= 0.6 is 11.6 Å². The Morgan fingerprint density at radius 3 is 2.33 bits per heavy atom. The van der Waals surface area contributed by atoms with Crippen molar-refractivity contribution in [3.05, 3.63) is 12.2 Å². The van der Waals surface area contributed by atoms with Gasteiger partial charge in [-0.1, -0.05) is 70.4 Å². The SMILES string of the molecule is CCCCCCCCC=CC(Cl)CCCCCCC(=O)O. The van der Waals surface area contributed by atoms with Gasteiger partial charge >= 0.3 is 5.97 Å². The highest BCUT2D eigenvalue weighted by Crippen LogP contribution is 2.13. The highest BCUT2D eigenvalue weighted by Gasteiger charge is 2.00. The Labute approximate surface area is 136 Å². The summed E-state index contributed by atoms with van der Waals surface area (Å²) in [6, 6.07) is 0. The number of alkyl halides is 1. The molecule has 3 heteroatoms. The average molecular weight is 317 g/mol. The van der Waals surface area contributed by atoms with Crippen LogP contribution in [0.2, 0.25) is 0 Å². The largest absolute Gasteiger partial charge is 0.481 e. The molecule has 0 rings (SSSR count). The zero-order valence-electron chi connectivity index (χ0n) is 13.7. The number of hydrogen-bond acceptors (Lipinski definition) is 1. The van der Waals surface area contributed by atoms with Gasteiger partial charge < -0.3 is 5.11 Å². The first-order valence-corrected chi connectivity index (χ1v) is 9.13. The lowest BCUT2D eigenvalue weighted by molar-refractivity contribution is -0.137. The van der Waals surface area contributed by atoms with Gasteiger partial charge in [0, 0.05) is 6.42 Å². The van der Waals surface area contributed by atoms with Crippen LogP contribution in [0.3, 0.4) is 0 Å². The molecule has 0 heterocycles. The summed E-state index contributed by atoms with van der Waals surface area (Å²) in [5.41, 5.74) is 0. The molecule has 1 N–H and O–H groups in total. The number of aliphatic carboxylic acids is 1. The molecular formula is C18H33ClO2. The average Bonchev–Trinajstić information content (AvgIpc) is 2.45. The van der Waals surface area contributed by atoms with Crippen LogP contribution in [0.4, 0.5) is 0 Å². The first-order valence-electron chi connectivity index (χ1n) is 8.69. The second-order valence-electron chi connectivity index (χ2n) is 5.85. The highest BCUT2D eigenvalue weighted by atomic mass is 35.5. The zero-order chi connectivity index (χ0) is 15.8. The van der Waals surface area contributed by atoms with Gasteiger partial charge in [0.1, 0.15) is 0 Å². The summed E-state index contributed by atoms with van der Waals surface area (Å²) in [7, 11) is 0. The summed E-state index contributed by atoms with van der Waals surface area (Å²) in [6.07, 6.45) is 18.8. The Morgan fingerprint density at radius 2 is 1.62 bits per heavy atom. The molecule has 0 fully saturated rings. The van der Waals surface area contributed by atoms with Crippen LogP contribution in [0, 0.1) is 0 Å². The molecule has 21 heavy (non-hydrogen) atoms. The van der Waals surface area contributed by atoms with Crippen molar-refractivity contribution in [3.8, 4) is 0 Å². The molecule has 0 aliphatic rings. The fraction of sp³-hybridized carbons (Fsp3) is 0.833. The molecule has 0 aliphatic heterocycles. The lowest BCUT2D eigenvalue weighted by Crippen LogP contribution is -1.95. The van der Waals surface area contributed by atoms with Crippen molar-refractivity contribution >= 4 is 17.6 Å². The van der Waals surface area contributed by atoms with E-state index in [0.29, 0.717) is 6.42 Å². The second-order valence-corrected chi connectivity index (χ2v) is 6.41. The lowest BCUT2D eigenvalue weighted by atomic mass is 10.1. The van der Waals surface area contributed by atoms with Crippen LogP contribution in [0.25, 0.3) is 0 Å². The van der Waals surface area contributed by atoms with Gasteiger partial charge in [-0.3, -0.25) is 4.79 Å². The molecule has 1 atom stereocenters. The van der Waals surface area contributed by atoms with Crippen LogP contribution in [0.1, 0.15) is 90.4 Å². The van der Waals surface area contributed by atoms with Crippen molar-refractivity contribution in [2.24, 2.45) is 0 Å². The number of rotatable bonds is 15. The van der Waals surface area contributed by atoms with E-state index in [4.69, 9.17) is 16.7 Å². The molecule has 0 saturated carbocycles. The van der Waals surface area contributed by atoms with Gasteiger partial charge in [-0.25, -0.2) is 0 Å². The molecule has 0 bridgehead atoms. The van der Waals surface area contributed by atoms with Crippen molar-refractivity contribution < 1.29 is 9.90 Å². The standard InChI is InChI=1S/C18H33ClO2/c1-2-3-4-5-6-7-8-11-14-17(19)15-12-9-10-13-16-18(20)21/h11,14,17H,2-10,12-13,15-16H2,1H3,(H,20,21). The molecule has 0 radical (unpaired) electrons. The topological polar surface area (TPSA) is 37.3 Å². The number of carboxylic acid groups (broad SMARTS) is 1. The van der Waals surface area contributed by atoms with Gasteiger partial charge in [-0.15, -0.1) is 11.6 Å². The van der Waals surface area contributed by atoms with Gasteiger partial charge in [0.2, 0.25) is 0 Å². The maximum atomic E-state index is 10.4. The zero-order valence-corrected chi connectivity index (χ0v) is 14.4. The molecule has 0 saturated heterocycles. The minimum absolute atomic E-state index is 0.143. The second kappa shape index (κ2) is 15.9. The summed E-state index contributed by atoms with van der Waals surface area (Å²) in [6.45, 7) is 2.25. The third kappa shape index (κ3) is 17.4. The van der Waals surface area contributed by atoms with E-state index in [2.05, 4.69) is 19.1 Å². The van der Waals surface area contributed by atoms with Gasteiger partial charge in [0.25, 0.3) is 0 Å². The van der Waals surface area contributed by atoms with Crippen molar-refractivity contribution in [2.45, 2.75) is 95.8 Å². The number of allylic oxidation sites excluding steroid dienone is 2. The summed E-state index contributed by atoms with van der Waals surface area (Å²) < 4.78 is 0. The van der Waals surface area contributed by atoms with E-state index in [0.717, 1.165) is 38.5 Å². The van der Waals surface area contributed by atoms with E-state index in [1.165, 1.54) is 38.5 Å². The van der Waals surface area contributed by atoms with Crippen LogP contribution < -0.4 is 0 Å². The Morgan fingerprint density at radius 1 is 1.00 bits per heavy atom. The highest BCUT2D eigenvalue weighted by molar-refractivity contribution is 6.21. The molecule has 0 amide bonds. The van der Waals surface area contributed by atoms with Crippen molar-refractivity contribution in [1.82, 2.24) is 0 Å². The number of carbonyl (C=O) groups is 1. The number of hydrogen-bond donors (Lipinski definition) is 1. The molecule has 0 aliphatic carbocycles. The summed E-state index contributed by atoms with van der Waals surface area (Å²) >= 11 is 6.24. The maximum Gasteiger partial charge on any atom is 0.303 e.